The van der Waals surface area contributed by atoms with Gasteiger partial charge in [-0.25, -0.2) is 9.59 Å². The van der Waals surface area contributed by atoms with E-state index in [1.807, 2.05) is 19.0 Å². The zero-order chi connectivity index (χ0) is 14.7. The lowest BCUT2D eigenvalue weighted by atomic mass is 10.2. The van der Waals surface area contributed by atoms with Gasteiger partial charge in [-0.15, -0.1) is 0 Å². The standard InChI is InChI=1S/C11H23N3O5/c1-14(2)6-8-19-7-5-13-11(18)12-4-3-9(15)10(16)17/h9,15H,3-8H2,1-2H3,(H,16,17)(H2,12,13,18). The highest BCUT2D eigenvalue weighted by molar-refractivity contribution is 5.74. The number of likely N-dealkylation sites (N-methyl/N-ethyl adjacent to an activating group) is 1. The minimum Gasteiger partial charge on any atom is -0.479 e. The molecule has 0 bridgehead atoms. The lowest BCUT2D eigenvalue weighted by molar-refractivity contribution is -0.146. The first-order valence-electron chi connectivity index (χ1n) is 6.08. The van der Waals surface area contributed by atoms with Crippen LogP contribution < -0.4 is 10.6 Å². The summed E-state index contributed by atoms with van der Waals surface area (Å²) >= 11 is 0. The Morgan fingerprint density at radius 1 is 1.21 bits per heavy atom. The van der Waals surface area contributed by atoms with Crippen LogP contribution in [0.5, 0.6) is 0 Å². The maximum Gasteiger partial charge on any atom is 0.332 e. The van der Waals surface area contributed by atoms with Crippen LogP contribution in [0, 0.1) is 0 Å². The van der Waals surface area contributed by atoms with E-state index in [4.69, 9.17) is 14.9 Å². The molecule has 0 fully saturated rings. The number of aliphatic hydroxyl groups is 1. The molecule has 0 aliphatic rings. The van der Waals surface area contributed by atoms with Gasteiger partial charge < -0.3 is 30.5 Å². The average Bonchev–Trinajstić information content (AvgIpc) is 2.32. The number of nitrogens with one attached hydrogen (secondary N) is 2. The second kappa shape index (κ2) is 10.5. The summed E-state index contributed by atoms with van der Waals surface area (Å²) in [4.78, 5) is 23.5. The van der Waals surface area contributed by atoms with Gasteiger partial charge in [0.05, 0.1) is 13.2 Å². The number of nitrogens with zero attached hydrogens (tertiary/aromatic N) is 1. The number of ether oxygens (including phenoxy) is 1. The number of aliphatic hydroxyl groups excluding tert-OH is 1. The van der Waals surface area contributed by atoms with Crippen molar-refractivity contribution in [1.29, 1.82) is 0 Å². The van der Waals surface area contributed by atoms with Gasteiger partial charge in [-0.1, -0.05) is 0 Å². The van der Waals surface area contributed by atoms with Crippen molar-refractivity contribution in [3.05, 3.63) is 0 Å². The highest BCUT2D eigenvalue weighted by atomic mass is 16.5. The van der Waals surface area contributed by atoms with Crippen LogP contribution in [0.2, 0.25) is 0 Å². The van der Waals surface area contributed by atoms with E-state index >= 15 is 0 Å². The Labute approximate surface area is 112 Å². The molecule has 4 N–H and O–H groups in total. The molecule has 0 spiro atoms. The third-order valence-electron chi connectivity index (χ3n) is 2.20. The molecule has 0 rings (SSSR count). The number of urea groups is 1. The van der Waals surface area contributed by atoms with Crippen LogP contribution in [0.15, 0.2) is 0 Å². The predicted molar refractivity (Wildman–Crippen MR) is 69.0 cm³/mol. The van der Waals surface area contributed by atoms with Crippen molar-refractivity contribution in [1.82, 2.24) is 15.5 Å². The van der Waals surface area contributed by atoms with E-state index in [1.54, 1.807) is 0 Å². The first kappa shape index (κ1) is 17.6. The third-order valence-corrected chi connectivity index (χ3v) is 2.20. The lowest BCUT2D eigenvalue weighted by Gasteiger charge is -2.11. The summed E-state index contributed by atoms with van der Waals surface area (Å²) in [5, 5.41) is 22.4. The highest BCUT2D eigenvalue weighted by Gasteiger charge is 2.12. The molecule has 0 aromatic heterocycles. The number of amides is 2. The fraction of sp³-hybridized carbons (Fsp3) is 0.818. The average molecular weight is 277 g/mol. The molecule has 8 nitrogen and oxygen atoms in total. The van der Waals surface area contributed by atoms with Gasteiger partial charge in [-0.05, 0) is 14.1 Å². The number of carboxylic acids is 1. The van der Waals surface area contributed by atoms with Crippen molar-refractivity contribution >= 4 is 12.0 Å². The number of carboxylic acid groups (broad SMARTS) is 1. The molecule has 19 heavy (non-hydrogen) atoms. The molecule has 0 radical (unpaired) electrons. The number of hydrogen-bond donors (Lipinski definition) is 4. The molecule has 1 atom stereocenters. The minimum absolute atomic E-state index is 0.0257. The highest BCUT2D eigenvalue weighted by Crippen LogP contribution is 1.88. The van der Waals surface area contributed by atoms with Gasteiger partial charge in [0.25, 0.3) is 0 Å². The first-order chi connectivity index (χ1) is 8.93. The maximum atomic E-state index is 11.2. The van der Waals surface area contributed by atoms with Crippen LogP contribution in [0.3, 0.4) is 0 Å². The van der Waals surface area contributed by atoms with Gasteiger partial charge >= 0.3 is 12.0 Å². The molecular formula is C11H23N3O5. The van der Waals surface area contributed by atoms with Crippen LogP contribution in [-0.4, -0.2) is 80.2 Å². The molecule has 2 amide bonds. The number of rotatable bonds is 10. The van der Waals surface area contributed by atoms with Crippen LogP contribution in [0.1, 0.15) is 6.42 Å². The summed E-state index contributed by atoms with van der Waals surface area (Å²) in [7, 11) is 3.89. The van der Waals surface area contributed by atoms with Crippen molar-refractivity contribution in [2.24, 2.45) is 0 Å². The van der Waals surface area contributed by atoms with Crippen LogP contribution in [-0.2, 0) is 9.53 Å². The minimum atomic E-state index is -1.45. The summed E-state index contributed by atoms with van der Waals surface area (Å²) in [6, 6.07) is -0.409. The molecule has 0 aromatic rings. The van der Waals surface area contributed by atoms with Crippen molar-refractivity contribution in [2.75, 3.05) is 46.9 Å². The van der Waals surface area contributed by atoms with E-state index in [0.29, 0.717) is 19.8 Å². The summed E-state index contributed by atoms with van der Waals surface area (Å²) in [5.74, 6) is -1.29. The number of hydrogen-bond acceptors (Lipinski definition) is 5. The van der Waals surface area contributed by atoms with Crippen molar-refractivity contribution < 1.29 is 24.5 Å². The monoisotopic (exact) mass is 277 g/mol. The predicted octanol–water partition coefficient (Wildman–Crippen LogP) is -1.30. The molecule has 0 saturated carbocycles. The molecule has 0 aliphatic carbocycles. The second-order valence-electron chi connectivity index (χ2n) is 4.24. The smallest absolute Gasteiger partial charge is 0.332 e. The van der Waals surface area contributed by atoms with E-state index in [9.17, 15) is 9.59 Å². The number of carbonyl (C=O) groups is 2. The van der Waals surface area contributed by atoms with E-state index in [2.05, 4.69) is 10.6 Å². The van der Waals surface area contributed by atoms with Gasteiger partial charge in [0, 0.05) is 26.1 Å². The normalized spacial score (nSPS) is 12.2. The molecule has 0 aliphatic heterocycles. The molecule has 0 saturated heterocycles. The fourth-order valence-electron chi connectivity index (χ4n) is 1.09. The van der Waals surface area contributed by atoms with Gasteiger partial charge in [0.1, 0.15) is 0 Å². The molecule has 1 unspecified atom stereocenters. The van der Waals surface area contributed by atoms with Crippen molar-refractivity contribution in [2.45, 2.75) is 12.5 Å². The Kier molecular flexibility index (Phi) is 9.77. The Balaban J connectivity index is 3.38. The van der Waals surface area contributed by atoms with E-state index in [1.165, 1.54) is 0 Å². The molecule has 0 heterocycles. The van der Waals surface area contributed by atoms with Crippen molar-refractivity contribution in [3.8, 4) is 0 Å². The van der Waals surface area contributed by atoms with Gasteiger partial charge in [-0.3, -0.25) is 0 Å². The zero-order valence-corrected chi connectivity index (χ0v) is 11.4. The second-order valence-corrected chi connectivity index (χ2v) is 4.24. The summed E-state index contributed by atoms with van der Waals surface area (Å²) < 4.78 is 5.27. The van der Waals surface area contributed by atoms with Crippen molar-refractivity contribution in [3.63, 3.8) is 0 Å². The van der Waals surface area contributed by atoms with Gasteiger partial charge in [0.15, 0.2) is 6.10 Å². The van der Waals surface area contributed by atoms with Crippen LogP contribution in [0.4, 0.5) is 4.79 Å². The summed E-state index contributed by atoms with van der Waals surface area (Å²) in [6.45, 7) is 2.31. The summed E-state index contributed by atoms with van der Waals surface area (Å²) in [5.41, 5.74) is 0. The lowest BCUT2D eigenvalue weighted by Crippen LogP contribution is -2.39. The fourth-order valence-corrected chi connectivity index (χ4v) is 1.09. The van der Waals surface area contributed by atoms with Gasteiger partial charge in [0.2, 0.25) is 0 Å². The SMILES string of the molecule is CN(C)CCOCCNC(=O)NCCC(O)C(=O)O. The largest absolute Gasteiger partial charge is 0.479 e. The Morgan fingerprint density at radius 2 is 1.84 bits per heavy atom. The van der Waals surface area contributed by atoms with E-state index in [-0.39, 0.29) is 13.0 Å². The third kappa shape index (κ3) is 11.4. The summed E-state index contributed by atoms with van der Waals surface area (Å²) in [6.07, 6.45) is -1.48. The maximum absolute atomic E-state index is 11.2. The Morgan fingerprint density at radius 3 is 2.42 bits per heavy atom. The Hall–Kier alpha value is -1.38. The molecule has 0 aromatic carbocycles. The van der Waals surface area contributed by atoms with E-state index in [0.717, 1.165) is 6.54 Å². The number of carbonyl (C=O) groups excluding carboxylic acids is 1. The van der Waals surface area contributed by atoms with Gasteiger partial charge in [-0.2, -0.15) is 0 Å². The molecule has 8 heteroatoms. The van der Waals surface area contributed by atoms with E-state index < -0.39 is 18.1 Å². The van der Waals surface area contributed by atoms with Crippen LogP contribution in [0.25, 0.3) is 0 Å². The van der Waals surface area contributed by atoms with Crippen LogP contribution >= 0.6 is 0 Å². The molecular weight excluding hydrogens is 254 g/mol. The topological polar surface area (TPSA) is 111 Å². The zero-order valence-electron chi connectivity index (χ0n) is 11.4. The first-order valence-corrected chi connectivity index (χ1v) is 6.08. The molecule has 112 valence electrons. The quantitative estimate of drug-likeness (QED) is 0.369. The number of aliphatic carboxylic acids is 1. The Bertz CT molecular complexity index is 273.